The zero-order chi connectivity index (χ0) is 13.7. The highest BCUT2D eigenvalue weighted by Crippen LogP contribution is 2.22. The van der Waals surface area contributed by atoms with Crippen LogP contribution >= 0.6 is 11.8 Å². The van der Waals surface area contributed by atoms with Gasteiger partial charge in [0.1, 0.15) is 0 Å². The van der Waals surface area contributed by atoms with Crippen molar-refractivity contribution in [3.63, 3.8) is 0 Å². The molecule has 2 rings (SSSR count). The third-order valence-corrected chi connectivity index (χ3v) is 3.41. The van der Waals surface area contributed by atoms with Crippen LogP contribution in [0.25, 0.3) is 0 Å². The molecule has 19 heavy (non-hydrogen) atoms. The number of thioether (sulfide) groups is 1. The van der Waals surface area contributed by atoms with Crippen molar-refractivity contribution in [1.29, 1.82) is 0 Å². The molecule has 6 heteroatoms. The third kappa shape index (κ3) is 4.40. The molecule has 0 aliphatic rings. The Morgan fingerprint density at radius 1 is 1.47 bits per heavy atom. The van der Waals surface area contributed by atoms with Gasteiger partial charge in [0, 0.05) is 11.3 Å². The number of aryl methyl sites for hydroxylation is 2. The molecule has 0 fully saturated rings. The van der Waals surface area contributed by atoms with Crippen LogP contribution < -0.4 is 0 Å². The number of hydrogen-bond donors (Lipinski definition) is 1. The van der Waals surface area contributed by atoms with E-state index >= 15 is 0 Å². The van der Waals surface area contributed by atoms with Crippen LogP contribution in [0.3, 0.4) is 0 Å². The number of carbonyl (C=O) groups is 1. The Morgan fingerprint density at radius 3 is 3.05 bits per heavy atom. The lowest BCUT2D eigenvalue weighted by atomic mass is 10.2. The van der Waals surface area contributed by atoms with Gasteiger partial charge in [0.2, 0.25) is 5.89 Å². The van der Waals surface area contributed by atoms with Gasteiger partial charge in [-0.1, -0.05) is 22.9 Å². The fourth-order valence-corrected chi connectivity index (χ4v) is 2.37. The summed E-state index contributed by atoms with van der Waals surface area (Å²) in [5, 5.41) is 12.4. The molecule has 0 saturated carbocycles. The Kier molecular flexibility index (Phi) is 4.57. The van der Waals surface area contributed by atoms with Crippen molar-refractivity contribution >= 4 is 17.7 Å². The van der Waals surface area contributed by atoms with Gasteiger partial charge in [-0.25, -0.2) is 0 Å². The van der Waals surface area contributed by atoms with Crippen molar-refractivity contribution in [3.8, 4) is 0 Å². The summed E-state index contributed by atoms with van der Waals surface area (Å²) in [6, 6.07) is 8.17. The standard InChI is InChI=1S/C13H14N2O3S/c1-9-3-2-4-10(7-9)19-8-11-14-12(18-15-11)5-6-13(16)17/h2-4,7H,5-6,8H2,1H3,(H,16,17). The number of aliphatic carboxylic acids is 1. The molecule has 5 nitrogen and oxygen atoms in total. The van der Waals surface area contributed by atoms with Crippen molar-refractivity contribution in [2.75, 3.05) is 0 Å². The summed E-state index contributed by atoms with van der Waals surface area (Å²) in [5.74, 6) is 0.711. The van der Waals surface area contributed by atoms with Crippen molar-refractivity contribution in [2.45, 2.75) is 30.4 Å². The molecular weight excluding hydrogens is 264 g/mol. The van der Waals surface area contributed by atoms with Crippen molar-refractivity contribution in [2.24, 2.45) is 0 Å². The predicted molar refractivity (Wildman–Crippen MR) is 71.0 cm³/mol. The number of carboxylic acids is 1. The second-order valence-electron chi connectivity index (χ2n) is 4.10. The Morgan fingerprint density at radius 2 is 2.32 bits per heavy atom. The summed E-state index contributed by atoms with van der Waals surface area (Å²) in [4.78, 5) is 15.7. The van der Waals surface area contributed by atoms with Crippen LogP contribution in [0.2, 0.25) is 0 Å². The largest absolute Gasteiger partial charge is 0.481 e. The Labute approximate surface area is 115 Å². The lowest BCUT2D eigenvalue weighted by molar-refractivity contribution is -0.137. The first kappa shape index (κ1) is 13.6. The van der Waals surface area contributed by atoms with Crippen LogP contribution in [-0.4, -0.2) is 21.2 Å². The summed E-state index contributed by atoms with van der Waals surface area (Å²) in [6.45, 7) is 2.04. The van der Waals surface area contributed by atoms with Gasteiger partial charge in [-0.15, -0.1) is 11.8 Å². The number of rotatable bonds is 6. The summed E-state index contributed by atoms with van der Waals surface area (Å²) in [7, 11) is 0. The molecule has 1 aromatic carbocycles. The first-order chi connectivity index (χ1) is 9.13. The van der Waals surface area contributed by atoms with Gasteiger partial charge < -0.3 is 9.63 Å². The normalized spacial score (nSPS) is 10.6. The Bertz CT molecular complexity index is 569. The topological polar surface area (TPSA) is 76.2 Å². The molecule has 0 saturated heterocycles. The molecule has 0 unspecified atom stereocenters. The van der Waals surface area contributed by atoms with Crippen LogP contribution in [0.15, 0.2) is 33.7 Å². The average molecular weight is 278 g/mol. The van der Waals surface area contributed by atoms with E-state index in [0.29, 0.717) is 17.5 Å². The molecule has 0 atom stereocenters. The van der Waals surface area contributed by atoms with Gasteiger partial charge in [-0.3, -0.25) is 4.79 Å². The van der Waals surface area contributed by atoms with Gasteiger partial charge in [0.05, 0.1) is 12.2 Å². The van der Waals surface area contributed by atoms with Gasteiger partial charge in [0.25, 0.3) is 0 Å². The molecule has 0 aliphatic carbocycles. The molecule has 0 spiro atoms. The quantitative estimate of drug-likeness (QED) is 0.819. The minimum atomic E-state index is -0.867. The maximum atomic E-state index is 10.4. The van der Waals surface area contributed by atoms with E-state index in [1.807, 2.05) is 25.1 Å². The average Bonchev–Trinajstić information content (AvgIpc) is 2.82. The van der Waals surface area contributed by atoms with Gasteiger partial charge >= 0.3 is 5.97 Å². The minimum Gasteiger partial charge on any atom is -0.481 e. The van der Waals surface area contributed by atoms with E-state index in [9.17, 15) is 4.79 Å². The molecule has 0 bridgehead atoms. The van der Waals surface area contributed by atoms with E-state index < -0.39 is 5.97 Å². The lowest BCUT2D eigenvalue weighted by Crippen LogP contribution is -1.97. The SMILES string of the molecule is Cc1cccc(SCc2noc(CCC(=O)O)n2)c1. The fourth-order valence-electron chi connectivity index (χ4n) is 1.52. The zero-order valence-electron chi connectivity index (χ0n) is 10.5. The molecule has 2 aromatic rings. The Hall–Kier alpha value is -1.82. The number of aromatic nitrogens is 2. The predicted octanol–water partition coefficient (Wildman–Crippen LogP) is 2.69. The highest BCUT2D eigenvalue weighted by Gasteiger charge is 2.08. The first-order valence-electron chi connectivity index (χ1n) is 5.86. The number of nitrogens with zero attached hydrogens (tertiary/aromatic N) is 2. The fraction of sp³-hybridized carbons (Fsp3) is 0.308. The summed E-state index contributed by atoms with van der Waals surface area (Å²) in [6.07, 6.45) is 0.282. The molecule has 1 aromatic heterocycles. The first-order valence-corrected chi connectivity index (χ1v) is 6.85. The van der Waals surface area contributed by atoms with Crippen molar-refractivity contribution in [1.82, 2.24) is 10.1 Å². The molecule has 0 amide bonds. The van der Waals surface area contributed by atoms with Gasteiger partial charge in [-0.05, 0) is 19.1 Å². The van der Waals surface area contributed by atoms with E-state index in [4.69, 9.17) is 9.63 Å². The maximum absolute atomic E-state index is 10.4. The van der Waals surface area contributed by atoms with E-state index in [1.165, 1.54) is 5.56 Å². The number of benzene rings is 1. The monoisotopic (exact) mass is 278 g/mol. The van der Waals surface area contributed by atoms with E-state index in [1.54, 1.807) is 11.8 Å². The van der Waals surface area contributed by atoms with Crippen molar-refractivity contribution < 1.29 is 14.4 Å². The molecular formula is C13H14N2O3S. The highest BCUT2D eigenvalue weighted by atomic mass is 32.2. The molecule has 100 valence electrons. The summed E-state index contributed by atoms with van der Waals surface area (Å²) in [5.41, 5.74) is 1.21. The molecule has 0 radical (unpaired) electrons. The van der Waals surface area contributed by atoms with Crippen LogP contribution in [0, 0.1) is 6.92 Å². The molecule has 1 heterocycles. The third-order valence-electron chi connectivity index (χ3n) is 2.42. The van der Waals surface area contributed by atoms with Crippen LogP contribution in [0.1, 0.15) is 23.7 Å². The summed E-state index contributed by atoms with van der Waals surface area (Å²) < 4.78 is 4.99. The molecule has 1 N–H and O–H groups in total. The lowest BCUT2D eigenvalue weighted by Gasteiger charge is -1.99. The van der Waals surface area contributed by atoms with Gasteiger partial charge in [-0.2, -0.15) is 4.98 Å². The van der Waals surface area contributed by atoms with E-state index in [-0.39, 0.29) is 12.8 Å². The molecule has 0 aliphatic heterocycles. The second kappa shape index (κ2) is 6.38. The van der Waals surface area contributed by atoms with E-state index in [0.717, 1.165) is 4.90 Å². The van der Waals surface area contributed by atoms with Crippen LogP contribution in [-0.2, 0) is 17.0 Å². The number of hydrogen-bond acceptors (Lipinski definition) is 5. The van der Waals surface area contributed by atoms with Crippen molar-refractivity contribution in [3.05, 3.63) is 41.5 Å². The van der Waals surface area contributed by atoms with Gasteiger partial charge in [0.15, 0.2) is 5.82 Å². The minimum absolute atomic E-state index is 0.00660. The van der Waals surface area contributed by atoms with Crippen LogP contribution in [0.4, 0.5) is 0 Å². The Balaban J connectivity index is 1.88. The summed E-state index contributed by atoms with van der Waals surface area (Å²) >= 11 is 1.62. The van der Waals surface area contributed by atoms with E-state index in [2.05, 4.69) is 16.2 Å². The second-order valence-corrected chi connectivity index (χ2v) is 5.15. The van der Waals surface area contributed by atoms with Crippen LogP contribution in [0.5, 0.6) is 0 Å². The highest BCUT2D eigenvalue weighted by molar-refractivity contribution is 7.98. The zero-order valence-corrected chi connectivity index (χ0v) is 11.3. The maximum Gasteiger partial charge on any atom is 0.303 e. The smallest absolute Gasteiger partial charge is 0.303 e. The number of carboxylic acid groups (broad SMARTS) is 1.